The summed E-state index contributed by atoms with van der Waals surface area (Å²) in [6.45, 7) is 2.00. The van der Waals surface area contributed by atoms with Crippen LogP contribution in [0.1, 0.15) is 96.8 Å². The summed E-state index contributed by atoms with van der Waals surface area (Å²) in [5.41, 5.74) is 5.27. The fourth-order valence-electron chi connectivity index (χ4n) is 2.67. The van der Waals surface area contributed by atoms with Crippen molar-refractivity contribution in [3.63, 3.8) is 0 Å². The van der Waals surface area contributed by atoms with Crippen LogP contribution in [0.3, 0.4) is 0 Å². The standard InChI is InChI=1S/C21H39NO4/c1-2-3-4-5-6-7-8-9-10-11-12-13-14-15-16-17-20(23)26-18-19(22)21(24)25/h9-10,19H,2-8,11-18,22H2,1H3,(H,24,25)/t19-/m0/s1. The Morgan fingerprint density at radius 2 is 1.38 bits per heavy atom. The van der Waals surface area contributed by atoms with E-state index in [4.69, 9.17) is 15.6 Å². The molecule has 5 nitrogen and oxygen atoms in total. The SMILES string of the molecule is CCCCCCCCC=CCCCCCCCC(=O)OC[C@H](N)C(=O)O. The van der Waals surface area contributed by atoms with Crippen molar-refractivity contribution in [2.24, 2.45) is 5.73 Å². The van der Waals surface area contributed by atoms with Crippen molar-refractivity contribution >= 4 is 11.9 Å². The highest BCUT2D eigenvalue weighted by atomic mass is 16.5. The molecule has 0 amide bonds. The Bertz CT molecular complexity index is 382. The van der Waals surface area contributed by atoms with E-state index in [0.29, 0.717) is 6.42 Å². The van der Waals surface area contributed by atoms with E-state index in [1.54, 1.807) is 0 Å². The fourth-order valence-corrected chi connectivity index (χ4v) is 2.67. The zero-order chi connectivity index (χ0) is 19.5. The van der Waals surface area contributed by atoms with E-state index in [2.05, 4.69) is 19.1 Å². The molecule has 0 aromatic rings. The van der Waals surface area contributed by atoms with Gasteiger partial charge in [-0.25, -0.2) is 0 Å². The van der Waals surface area contributed by atoms with Crippen LogP contribution in [0.5, 0.6) is 0 Å². The Labute approximate surface area is 159 Å². The summed E-state index contributed by atoms with van der Waals surface area (Å²) >= 11 is 0. The number of carbonyl (C=O) groups is 2. The lowest BCUT2D eigenvalue weighted by Crippen LogP contribution is -2.35. The number of aliphatic carboxylic acids is 1. The first-order valence-electron chi connectivity index (χ1n) is 10.4. The monoisotopic (exact) mass is 369 g/mol. The first-order chi connectivity index (χ1) is 12.6. The molecule has 0 aliphatic rings. The van der Waals surface area contributed by atoms with Gasteiger partial charge in [-0.1, -0.05) is 70.4 Å². The van der Waals surface area contributed by atoms with Gasteiger partial charge in [0.05, 0.1) is 0 Å². The first-order valence-corrected chi connectivity index (χ1v) is 10.4. The Morgan fingerprint density at radius 1 is 0.885 bits per heavy atom. The van der Waals surface area contributed by atoms with Gasteiger partial charge in [-0.05, 0) is 32.1 Å². The number of ether oxygens (including phenoxy) is 1. The Hall–Kier alpha value is -1.36. The fraction of sp³-hybridized carbons (Fsp3) is 0.810. The predicted octanol–water partition coefficient (Wildman–Crippen LogP) is 4.98. The number of hydrogen-bond acceptors (Lipinski definition) is 4. The van der Waals surface area contributed by atoms with Crippen molar-refractivity contribution in [1.82, 2.24) is 0 Å². The van der Waals surface area contributed by atoms with Crippen LogP contribution in [0.2, 0.25) is 0 Å². The first kappa shape index (κ1) is 24.6. The molecule has 0 aliphatic heterocycles. The molecule has 0 fully saturated rings. The molecule has 0 unspecified atom stereocenters. The minimum atomic E-state index is -1.15. The molecule has 0 heterocycles. The second kappa shape index (κ2) is 18.4. The van der Waals surface area contributed by atoms with Crippen LogP contribution in [-0.2, 0) is 14.3 Å². The van der Waals surface area contributed by atoms with Crippen molar-refractivity contribution in [3.8, 4) is 0 Å². The number of unbranched alkanes of at least 4 members (excludes halogenated alkanes) is 11. The van der Waals surface area contributed by atoms with Crippen molar-refractivity contribution < 1.29 is 19.4 Å². The van der Waals surface area contributed by atoms with Crippen LogP contribution in [0, 0.1) is 0 Å². The minimum absolute atomic E-state index is 0.251. The third kappa shape index (κ3) is 17.5. The second-order valence-corrected chi connectivity index (χ2v) is 6.96. The zero-order valence-electron chi connectivity index (χ0n) is 16.6. The molecule has 0 spiro atoms. The van der Waals surface area contributed by atoms with E-state index in [1.165, 1.54) is 57.8 Å². The van der Waals surface area contributed by atoms with Gasteiger partial charge in [0.2, 0.25) is 0 Å². The van der Waals surface area contributed by atoms with Crippen molar-refractivity contribution in [1.29, 1.82) is 0 Å². The van der Waals surface area contributed by atoms with E-state index in [1.807, 2.05) is 0 Å². The van der Waals surface area contributed by atoms with Crippen molar-refractivity contribution in [3.05, 3.63) is 12.2 Å². The molecule has 1 atom stereocenters. The van der Waals surface area contributed by atoms with Gasteiger partial charge in [0.25, 0.3) is 0 Å². The summed E-state index contributed by atoms with van der Waals surface area (Å²) in [6, 6.07) is -1.13. The van der Waals surface area contributed by atoms with Crippen LogP contribution < -0.4 is 5.73 Å². The van der Waals surface area contributed by atoms with Crippen LogP contribution >= 0.6 is 0 Å². The number of carboxylic acids is 1. The second-order valence-electron chi connectivity index (χ2n) is 6.96. The average Bonchev–Trinajstić information content (AvgIpc) is 2.62. The lowest BCUT2D eigenvalue weighted by Gasteiger charge is -2.07. The van der Waals surface area contributed by atoms with Gasteiger partial charge in [-0.3, -0.25) is 9.59 Å². The Balaban J connectivity index is 3.29. The van der Waals surface area contributed by atoms with E-state index in [-0.39, 0.29) is 12.6 Å². The topological polar surface area (TPSA) is 89.6 Å². The third-order valence-electron chi connectivity index (χ3n) is 4.38. The summed E-state index contributed by atoms with van der Waals surface area (Å²) in [4.78, 5) is 21.9. The minimum Gasteiger partial charge on any atom is -0.480 e. The molecule has 5 heteroatoms. The zero-order valence-corrected chi connectivity index (χ0v) is 16.6. The number of carbonyl (C=O) groups excluding carboxylic acids is 1. The molecule has 0 rings (SSSR count). The maximum Gasteiger partial charge on any atom is 0.324 e. The highest BCUT2D eigenvalue weighted by Gasteiger charge is 2.13. The number of allylic oxidation sites excluding steroid dienone is 2. The number of hydrogen-bond donors (Lipinski definition) is 2. The number of esters is 1. The van der Waals surface area contributed by atoms with Crippen LogP contribution in [-0.4, -0.2) is 29.7 Å². The lowest BCUT2D eigenvalue weighted by molar-refractivity contribution is -0.147. The van der Waals surface area contributed by atoms with Gasteiger partial charge in [0, 0.05) is 6.42 Å². The third-order valence-corrected chi connectivity index (χ3v) is 4.38. The van der Waals surface area contributed by atoms with Gasteiger partial charge in [-0.15, -0.1) is 0 Å². The molecule has 0 aromatic carbocycles. The summed E-state index contributed by atoms with van der Waals surface area (Å²) in [7, 11) is 0. The molecule has 0 saturated carbocycles. The molecule has 0 bridgehead atoms. The average molecular weight is 370 g/mol. The van der Waals surface area contributed by atoms with E-state index < -0.39 is 12.0 Å². The summed E-state index contributed by atoms with van der Waals surface area (Å²) in [6.07, 6.45) is 20.7. The predicted molar refractivity (Wildman–Crippen MR) is 106 cm³/mol. The summed E-state index contributed by atoms with van der Waals surface area (Å²) in [5, 5.41) is 8.59. The van der Waals surface area contributed by atoms with Crippen molar-refractivity contribution in [2.45, 2.75) is 103 Å². The lowest BCUT2D eigenvalue weighted by atomic mass is 10.1. The Kier molecular flexibility index (Phi) is 17.5. The van der Waals surface area contributed by atoms with Crippen LogP contribution in [0.15, 0.2) is 12.2 Å². The maximum atomic E-state index is 11.4. The highest BCUT2D eigenvalue weighted by Crippen LogP contribution is 2.10. The molecular weight excluding hydrogens is 330 g/mol. The van der Waals surface area contributed by atoms with E-state index in [9.17, 15) is 9.59 Å². The normalized spacial score (nSPS) is 12.4. The van der Waals surface area contributed by atoms with Gasteiger partial charge >= 0.3 is 11.9 Å². The summed E-state index contributed by atoms with van der Waals surface area (Å²) in [5.74, 6) is -1.52. The largest absolute Gasteiger partial charge is 0.480 e. The van der Waals surface area contributed by atoms with Crippen molar-refractivity contribution in [2.75, 3.05) is 6.61 Å². The van der Waals surface area contributed by atoms with Gasteiger partial charge in [-0.2, -0.15) is 0 Å². The van der Waals surface area contributed by atoms with Crippen LogP contribution in [0.4, 0.5) is 0 Å². The molecule has 152 valence electrons. The molecule has 26 heavy (non-hydrogen) atoms. The molecular formula is C21H39NO4. The number of nitrogens with two attached hydrogens (primary N) is 1. The quantitative estimate of drug-likeness (QED) is 0.202. The number of carboxylic acid groups (broad SMARTS) is 1. The van der Waals surface area contributed by atoms with Crippen LogP contribution in [0.25, 0.3) is 0 Å². The maximum absolute atomic E-state index is 11.4. The van der Waals surface area contributed by atoms with Gasteiger partial charge in [0.1, 0.15) is 12.6 Å². The molecule has 0 saturated heterocycles. The summed E-state index contributed by atoms with van der Waals surface area (Å²) < 4.78 is 4.83. The van der Waals surface area contributed by atoms with E-state index in [0.717, 1.165) is 25.7 Å². The highest BCUT2D eigenvalue weighted by molar-refractivity contribution is 5.74. The van der Waals surface area contributed by atoms with E-state index >= 15 is 0 Å². The molecule has 0 aromatic heterocycles. The molecule has 0 radical (unpaired) electrons. The molecule has 3 N–H and O–H groups in total. The van der Waals surface area contributed by atoms with Gasteiger partial charge < -0.3 is 15.6 Å². The Morgan fingerprint density at radius 3 is 1.92 bits per heavy atom. The van der Waals surface area contributed by atoms with Gasteiger partial charge in [0.15, 0.2) is 0 Å². The number of rotatable bonds is 18. The molecule has 0 aliphatic carbocycles. The smallest absolute Gasteiger partial charge is 0.324 e.